The van der Waals surface area contributed by atoms with Crippen LogP contribution in [0.5, 0.6) is 0 Å². The van der Waals surface area contributed by atoms with Crippen LogP contribution < -0.4 is 5.73 Å². The first-order chi connectivity index (χ1) is 9.75. The van der Waals surface area contributed by atoms with Gasteiger partial charge in [-0.15, -0.1) is 11.3 Å². The molecule has 0 bridgehead atoms. The molecule has 108 valence electrons. The predicted molar refractivity (Wildman–Crippen MR) is 92.3 cm³/mol. The Kier molecular flexibility index (Phi) is 4.79. The molecule has 0 spiro atoms. The van der Waals surface area contributed by atoms with Crippen molar-refractivity contribution in [1.29, 1.82) is 0 Å². The zero-order chi connectivity index (χ0) is 13.9. The fourth-order valence-electron chi connectivity index (χ4n) is 3.38. The highest BCUT2D eigenvalue weighted by atomic mass is 79.9. The van der Waals surface area contributed by atoms with E-state index in [-0.39, 0.29) is 6.04 Å². The summed E-state index contributed by atoms with van der Waals surface area (Å²) in [5.74, 6) is 0.923. The molecule has 1 unspecified atom stereocenters. The van der Waals surface area contributed by atoms with Crippen molar-refractivity contribution in [1.82, 2.24) is 0 Å². The third-order valence-electron chi connectivity index (χ3n) is 4.59. The highest BCUT2D eigenvalue weighted by Gasteiger charge is 2.17. The summed E-state index contributed by atoms with van der Waals surface area (Å²) >= 11 is 5.43. The molecule has 3 heteroatoms. The van der Waals surface area contributed by atoms with Crippen molar-refractivity contribution in [2.75, 3.05) is 0 Å². The van der Waals surface area contributed by atoms with E-state index in [9.17, 15) is 0 Å². The molecule has 0 saturated heterocycles. The van der Waals surface area contributed by atoms with E-state index in [0.717, 1.165) is 12.3 Å². The van der Waals surface area contributed by atoms with E-state index in [2.05, 4.69) is 39.5 Å². The van der Waals surface area contributed by atoms with Crippen LogP contribution in [-0.2, 0) is 0 Å². The predicted octanol–water partition coefficient (Wildman–Crippen LogP) is 6.02. The first kappa shape index (κ1) is 14.6. The molecule has 0 aliphatic heterocycles. The monoisotopic (exact) mass is 351 g/mol. The molecule has 1 saturated carbocycles. The lowest BCUT2D eigenvalue weighted by atomic mass is 9.84. The van der Waals surface area contributed by atoms with Gasteiger partial charge in [-0.1, -0.05) is 44.2 Å². The van der Waals surface area contributed by atoms with E-state index in [1.807, 2.05) is 0 Å². The van der Waals surface area contributed by atoms with Gasteiger partial charge in [-0.05, 0) is 57.1 Å². The van der Waals surface area contributed by atoms with Gasteiger partial charge in [0.05, 0.1) is 0 Å². The van der Waals surface area contributed by atoms with Crippen molar-refractivity contribution in [3.05, 3.63) is 33.6 Å². The van der Waals surface area contributed by atoms with Crippen LogP contribution >= 0.6 is 27.3 Å². The Morgan fingerprint density at radius 1 is 1.25 bits per heavy atom. The molecule has 3 rings (SSSR count). The number of thiophene rings is 1. The standard InChI is InChI=1S/C17H22BrNS/c18-15-8-4-7-13-14(11-20-17(13)15)16(19)10-9-12-5-2-1-3-6-12/h4,7-8,11-12,16H,1-3,5-6,9-10,19H2. The summed E-state index contributed by atoms with van der Waals surface area (Å²) in [6, 6.07) is 6.61. The number of fused-ring (bicyclic) bond motifs is 1. The van der Waals surface area contributed by atoms with Crippen molar-refractivity contribution in [2.45, 2.75) is 51.0 Å². The smallest absolute Gasteiger partial charge is 0.0488 e. The van der Waals surface area contributed by atoms with Gasteiger partial charge in [-0.25, -0.2) is 0 Å². The topological polar surface area (TPSA) is 26.0 Å². The van der Waals surface area contributed by atoms with E-state index in [4.69, 9.17) is 5.73 Å². The van der Waals surface area contributed by atoms with E-state index in [0.29, 0.717) is 0 Å². The lowest BCUT2D eigenvalue weighted by Gasteiger charge is -2.22. The molecular formula is C17H22BrNS. The Morgan fingerprint density at radius 3 is 2.85 bits per heavy atom. The number of nitrogens with two attached hydrogens (primary N) is 1. The number of hydrogen-bond donors (Lipinski definition) is 1. The van der Waals surface area contributed by atoms with Gasteiger partial charge in [0, 0.05) is 15.2 Å². The molecule has 1 atom stereocenters. The zero-order valence-electron chi connectivity index (χ0n) is 11.8. The summed E-state index contributed by atoms with van der Waals surface area (Å²) in [5.41, 5.74) is 7.80. The third kappa shape index (κ3) is 3.10. The Morgan fingerprint density at radius 2 is 2.05 bits per heavy atom. The Bertz CT molecular complexity index is 571. The van der Waals surface area contributed by atoms with Crippen LogP contribution in [-0.4, -0.2) is 0 Å². The molecule has 1 heterocycles. The quantitative estimate of drug-likeness (QED) is 0.715. The summed E-state index contributed by atoms with van der Waals surface area (Å²) in [4.78, 5) is 0. The van der Waals surface area contributed by atoms with Crippen LogP contribution in [0.2, 0.25) is 0 Å². The van der Waals surface area contributed by atoms with Crippen molar-refractivity contribution < 1.29 is 0 Å². The minimum atomic E-state index is 0.194. The highest BCUT2D eigenvalue weighted by Crippen LogP contribution is 2.37. The lowest BCUT2D eigenvalue weighted by Crippen LogP contribution is -2.13. The molecule has 1 aliphatic rings. The second kappa shape index (κ2) is 6.59. The average Bonchev–Trinajstić information content (AvgIpc) is 2.91. The molecule has 0 amide bonds. The van der Waals surface area contributed by atoms with E-state index in [1.165, 1.54) is 58.6 Å². The lowest BCUT2D eigenvalue weighted by molar-refractivity contribution is 0.324. The Hall–Kier alpha value is -0.380. The minimum absolute atomic E-state index is 0.194. The van der Waals surface area contributed by atoms with Gasteiger partial charge in [0.15, 0.2) is 0 Å². The van der Waals surface area contributed by atoms with E-state index >= 15 is 0 Å². The van der Waals surface area contributed by atoms with E-state index < -0.39 is 0 Å². The second-order valence-electron chi connectivity index (χ2n) is 6.00. The van der Waals surface area contributed by atoms with Gasteiger partial charge in [0.1, 0.15) is 0 Å². The van der Waals surface area contributed by atoms with Crippen LogP contribution in [0.3, 0.4) is 0 Å². The number of rotatable bonds is 4. The normalized spacial score (nSPS) is 18.5. The van der Waals surface area contributed by atoms with Crippen LogP contribution in [0, 0.1) is 5.92 Å². The van der Waals surface area contributed by atoms with Gasteiger partial charge in [-0.2, -0.15) is 0 Å². The summed E-state index contributed by atoms with van der Waals surface area (Å²) in [7, 11) is 0. The summed E-state index contributed by atoms with van der Waals surface area (Å²) < 4.78 is 2.52. The number of hydrogen-bond acceptors (Lipinski definition) is 2. The number of halogens is 1. The van der Waals surface area contributed by atoms with Crippen molar-refractivity contribution in [2.24, 2.45) is 11.7 Å². The molecule has 20 heavy (non-hydrogen) atoms. The van der Waals surface area contributed by atoms with Crippen molar-refractivity contribution in [3.8, 4) is 0 Å². The maximum Gasteiger partial charge on any atom is 0.0488 e. The fraction of sp³-hybridized carbons (Fsp3) is 0.529. The molecule has 2 aromatic rings. The molecule has 2 N–H and O–H groups in total. The summed E-state index contributed by atoms with van der Waals surface area (Å²) in [6.07, 6.45) is 9.55. The van der Waals surface area contributed by atoms with Crippen molar-refractivity contribution >= 4 is 37.4 Å². The molecule has 1 fully saturated rings. The molecule has 1 aromatic heterocycles. The molecule has 1 nitrogen and oxygen atoms in total. The molecule has 0 radical (unpaired) electrons. The van der Waals surface area contributed by atoms with Gasteiger partial charge in [0.2, 0.25) is 0 Å². The zero-order valence-corrected chi connectivity index (χ0v) is 14.2. The van der Waals surface area contributed by atoms with Gasteiger partial charge in [0.25, 0.3) is 0 Å². The van der Waals surface area contributed by atoms with Gasteiger partial charge in [-0.3, -0.25) is 0 Å². The maximum atomic E-state index is 6.46. The SMILES string of the molecule is NC(CCC1CCCCC1)c1csc2c(Br)cccc12. The Labute approximate surface area is 133 Å². The first-order valence-corrected chi connectivity index (χ1v) is 9.34. The largest absolute Gasteiger partial charge is 0.324 e. The fourth-order valence-corrected chi connectivity index (χ4v) is 5.06. The molecular weight excluding hydrogens is 330 g/mol. The van der Waals surface area contributed by atoms with E-state index in [1.54, 1.807) is 11.3 Å². The van der Waals surface area contributed by atoms with Crippen LogP contribution in [0.15, 0.2) is 28.1 Å². The van der Waals surface area contributed by atoms with Crippen LogP contribution in [0.4, 0.5) is 0 Å². The summed E-state index contributed by atoms with van der Waals surface area (Å²) in [5, 5.41) is 3.58. The molecule has 1 aliphatic carbocycles. The first-order valence-electron chi connectivity index (χ1n) is 7.67. The van der Waals surface area contributed by atoms with Gasteiger partial charge >= 0.3 is 0 Å². The summed E-state index contributed by atoms with van der Waals surface area (Å²) in [6.45, 7) is 0. The highest BCUT2D eigenvalue weighted by molar-refractivity contribution is 9.10. The second-order valence-corrected chi connectivity index (χ2v) is 7.73. The molecule has 1 aromatic carbocycles. The minimum Gasteiger partial charge on any atom is -0.324 e. The average molecular weight is 352 g/mol. The van der Waals surface area contributed by atoms with Crippen LogP contribution in [0.1, 0.15) is 56.6 Å². The van der Waals surface area contributed by atoms with Gasteiger partial charge < -0.3 is 5.73 Å². The maximum absolute atomic E-state index is 6.46. The number of benzene rings is 1. The van der Waals surface area contributed by atoms with Crippen LogP contribution in [0.25, 0.3) is 10.1 Å². The van der Waals surface area contributed by atoms with Crippen molar-refractivity contribution in [3.63, 3.8) is 0 Å². The Balaban J connectivity index is 1.69. The third-order valence-corrected chi connectivity index (χ3v) is 6.56.